The van der Waals surface area contributed by atoms with Crippen molar-refractivity contribution in [2.75, 3.05) is 19.8 Å². The van der Waals surface area contributed by atoms with Crippen molar-refractivity contribution in [3.05, 3.63) is 35.9 Å². The van der Waals surface area contributed by atoms with Gasteiger partial charge in [-0.1, -0.05) is 18.2 Å². The van der Waals surface area contributed by atoms with Crippen molar-refractivity contribution in [1.29, 1.82) is 0 Å². The van der Waals surface area contributed by atoms with Crippen LogP contribution in [0.4, 0.5) is 0 Å². The first-order chi connectivity index (χ1) is 13.2. The van der Waals surface area contributed by atoms with Crippen LogP contribution in [0.3, 0.4) is 0 Å². The molecule has 2 saturated heterocycles. The standard InChI is InChI=1S/C21H28N2O4/c24-19(22-17-9-11-21(12-10-17)26-14-15-27-21)18-8-4-5-13-23(18)20(25)16-6-2-1-3-7-16/h1-3,6-7,17-18H,4-5,8-15H2,(H,22,24)/t18-/m1/s1. The van der Waals surface area contributed by atoms with E-state index in [1.165, 1.54) is 0 Å². The van der Waals surface area contributed by atoms with Crippen molar-refractivity contribution < 1.29 is 19.1 Å². The van der Waals surface area contributed by atoms with E-state index >= 15 is 0 Å². The molecule has 0 unspecified atom stereocenters. The molecular weight excluding hydrogens is 344 g/mol. The first kappa shape index (κ1) is 18.4. The fraction of sp³-hybridized carbons (Fsp3) is 0.619. The summed E-state index contributed by atoms with van der Waals surface area (Å²) in [5, 5.41) is 3.19. The van der Waals surface area contributed by atoms with Gasteiger partial charge in [0.15, 0.2) is 5.79 Å². The minimum Gasteiger partial charge on any atom is -0.352 e. The molecule has 1 aromatic rings. The number of amides is 2. The van der Waals surface area contributed by atoms with E-state index in [0.29, 0.717) is 25.3 Å². The number of benzene rings is 1. The van der Waals surface area contributed by atoms with Gasteiger partial charge in [-0.25, -0.2) is 0 Å². The zero-order valence-corrected chi connectivity index (χ0v) is 15.7. The second-order valence-corrected chi connectivity index (χ2v) is 7.77. The highest BCUT2D eigenvalue weighted by atomic mass is 16.7. The van der Waals surface area contributed by atoms with Crippen LogP contribution >= 0.6 is 0 Å². The molecule has 6 heteroatoms. The summed E-state index contributed by atoms with van der Waals surface area (Å²) in [4.78, 5) is 27.6. The predicted octanol–water partition coefficient (Wildman–Crippen LogP) is 2.48. The van der Waals surface area contributed by atoms with Gasteiger partial charge in [-0.3, -0.25) is 9.59 Å². The number of hydrogen-bond donors (Lipinski definition) is 1. The molecule has 2 heterocycles. The molecule has 1 aromatic carbocycles. The molecule has 1 aliphatic carbocycles. The fourth-order valence-corrected chi connectivity index (χ4v) is 4.48. The second-order valence-electron chi connectivity index (χ2n) is 7.77. The molecule has 6 nitrogen and oxygen atoms in total. The summed E-state index contributed by atoms with van der Waals surface area (Å²) in [5.41, 5.74) is 0.646. The Kier molecular flexibility index (Phi) is 5.45. The molecule has 1 saturated carbocycles. The maximum Gasteiger partial charge on any atom is 0.254 e. The molecular formula is C21H28N2O4. The highest BCUT2D eigenvalue weighted by molar-refractivity contribution is 5.97. The molecule has 0 aromatic heterocycles. The summed E-state index contributed by atoms with van der Waals surface area (Å²) in [6.07, 6.45) is 5.99. The lowest BCUT2D eigenvalue weighted by molar-refractivity contribution is -0.180. The number of ether oxygens (including phenoxy) is 2. The lowest BCUT2D eigenvalue weighted by atomic mass is 9.89. The van der Waals surface area contributed by atoms with E-state index in [1.807, 2.05) is 30.3 Å². The largest absolute Gasteiger partial charge is 0.352 e. The Bertz CT molecular complexity index is 662. The highest BCUT2D eigenvalue weighted by Gasteiger charge is 2.41. The van der Waals surface area contributed by atoms with Crippen molar-refractivity contribution in [1.82, 2.24) is 10.2 Å². The lowest BCUT2D eigenvalue weighted by Gasteiger charge is -2.38. The summed E-state index contributed by atoms with van der Waals surface area (Å²) in [7, 11) is 0. The van der Waals surface area contributed by atoms with Gasteiger partial charge in [-0.2, -0.15) is 0 Å². The quantitative estimate of drug-likeness (QED) is 0.885. The van der Waals surface area contributed by atoms with Crippen molar-refractivity contribution in [2.45, 2.75) is 62.8 Å². The van der Waals surface area contributed by atoms with E-state index in [-0.39, 0.29) is 23.9 Å². The van der Waals surface area contributed by atoms with Gasteiger partial charge in [0.1, 0.15) is 6.04 Å². The third-order valence-electron chi connectivity index (χ3n) is 5.99. The van der Waals surface area contributed by atoms with Gasteiger partial charge < -0.3 is 19.7 Å². The van der Waals surface area contributed by atoms with Crippen LogP contribution in [0, 0.1) is 0 Å². The number of piperidine rings is 1. The summed E-state index contributed by atoms with van der Waals surface area (Å²) >= 11 is 0. The lowest BCUT2D eigenvalue weighted by Crippen LogP contribution is -2.54. The number of carbonyl (C=O) groups excluding carboxylic acids is 2. The molecule has 27 heavy (non-hydrogen) atoms. The second kappa shape index (κ2) is 7.98. The van der Waals surface area contributed by atoms with Crippen LogP contribution in [0.5, 0.6) is 0 Å². The molecule has 1 spiro atoms. The van der Waals surface area contributed by atoms with Gasteiger partial charge in [-0.05, 0) is 44.2 Å². The van der Waals surface area contributed by atoms with Gasteiger partial charge >= 0.3 is 0 Å². The van der Waals surface area contributed by atoms with Crippen LogP contribution in [-0.4, -0.2) is 54.3 Å². The van der Waals surface area contributed by atoms with E-state index in [1.54, 1.807) is 4.90 Å². The summed E-state index contributed by atoms with van der Waals surface area (Å²) < 4.78 is 11.5. The first-order valence-corrected chi connectivity index (χ1v) is 10.1. The summed E-state index contributed by atoms with van der Waals surface area (Å²) in [6, 6.07) is 8.99. The van der Waals surface area contributed by atoms with Crippen molar-refractivity contribution >= 4 is 11.8 Å². The van der Waals surface area contributed by atoms with E-state index in [2.05, 4.69) is 5.32 Å². The Morgan fingerprint density at radius 3 is 2.41 bits per heavy atom. The van der Waals surface area contributed by atoms with Gasteiger partial charge in [0.05, 0.1) is 13.2 Å². The SMILES string of the molecule is O=C(NC1CCC2(CC1)OCCO2)[C@H]1CCCCN1C(=O)c1ccccc1. The number of hydrogen-bond acceptors (Lipinski definition) is 4. The zero-order chi connectivity index (χ0) is 18.7. The third kappa shape index (κ3) is 4.01. The summed E-state index contributed by atoms with van der Waals surface area (Å²) in [6.45, 7) is 1.96. The van der Waals surface area contributed by atoms with Crippen LogP contribution < -0.4 is 5.32 Å². The number of rotatable bonds is 3. The molecule has 1 atom stereocenters. The summed E-state index contributed by atoms with van der Waals surface area (Å²) in [5.74, 6) is -0.486. The molecule has 3 fully saturated rings. The minimum absolute atomic E-state index is 0.0202. The average Bonchev–Trinajstić information content (AvgIpc) is 3.18. The number of nitrogens with zero attached hydrogens (tertiary/aromatic N) is 1. The monoisotopic (exact) mass is 372 g/mol. The molecule has 2 aliphatic heterocycles. The van der Waals surface area contributed by atoms with Crippen LogP contribution in [-0.2, 0) is 14.3 Å². The Morgan fingerprint density at radius 1 is 1.00 bits per heavy atom. The normalized spacial score (nSPS) is 25.5. The molecule has 2 amide bonds. The average molecular weight is 372 g/mol. The van der Waals surface area contributed by atoms with Crippen LogP contribution in [0.25, 0.3) is 0 Å². The molecule has 0 radical (unpaired) electrons. The molecule has 0 bridgehead atoms. The minimum atomic E-state index is -0.415. The van der Waals surface area contributed by atoms with E-state index in [4.69, 9.17) is 9.47 Å². The van der Waals surface area contributed by atoms with E-state index in [0.717, 1.165) is 44.9 Å². The predicted molar refractivity (Wildman–Crippen MR) is 100 cm³/mol. The van der Waals surface area contributed by atoms with E-state index in [9.17, 15) is 9.59 Å². The van der Waals surface area contributed by atoms with Gasteiger partial charge in [0.2, 0.25) is 5.91 Å². The maximum absolute atomic E-state index is 13.0. The highest BCUT2D eigenvalue weighted by Crippen LogP contribution is 2.35. The van der Waals surface area contributed by atoms with Crippen LogP contribution in [0.15, 0.2) is 30.3 Å². The number of nitrogens with one attached hydrogen (secondary N) is 1. The Labute approximate surface area is 160 Å². The maximum atomic E-state index is 13.0. The van der Waals surface area contributed by atoms with Gasteiger partial charge in [0, 0.05) is 31.0 Å². The Balaban J connectivity index is 1.37. The van der Waals surface area contributed by atoms with Gasteiger partial charge in [-0.15, -0.1) is 0 Å². The van der Waals surface area contributed by atoms with Crippen molar-refractivity contribution in [3.63, 3.8) is 0 Å². The third-order valence-corrected chi connectivity index (χ3v) is 5.99. The first-order valence-electron chi connectivity index (χ1n) is 10.1. The Hall–Kier alpha value is -1.92. The molecule has 3 aliphatic rings. The zero-order valence-electron chi connectivity index (χ0n) is 15.7. The van der Waals surface area contributed by atoms with Crippen molar-refractivity contribution in [2.24, 2.45) is 0 Å². The Morgan fingerprint density at radius 2 is 1.70 bits per heavy atom. The molecule has 1 N–H and O–H groups in total. The number of carbonyl (C=O) groups is 2. The fourth-order valence-electron chi connectivity index (χ4n) is 4.48. The topological polar surface area (TPSA) is 67.9 Å². The van der Waals surface area contributed by atoms with Crippen molar-refractivity contribution in [3.8, 4) is 0 Å². The smallest absolute Gasteiger partial charge is 0.254 e. The van der Waals surface area contributed by atoms with Gasteiger partial charge in [0.25, 0.3) is 5.91 Å². The van der Waals surface area contributed by atoms with Crippen LogP contribution in [0.1, 0.15) is 55.3 Å². The molecule has 4 rings (SSSR count). The van der Waals surface area contributed by atoms with E-state index < -0.39 is 5.79 Å². The molecule has 146 valence electrons. The van der Waals surface area contributed by atoms with Crippen LogP contribution in [0.2, 0.25) is 0 Å². The number of likely N-dealkylation sites (tertiary alicyclic amines) is 1.